The molecule has 2 amide bonds. The van der Waals surface area contributed by atoms with Crippen LogP contribution in [0.5, 0.6) is 0 Å². The van der Waals surface area contributed by atoms with E-state index in [-0.39, 0.29) is 29.7 Å². The molecule has 0 aliphatic carbocycles. The second-order valence-electron chi connectivity index (χ2n) is 10.2. The number of anilines is 1. The highest BCUT2D eigenvalue weighted by atomic mass is 19.3. The topological polar surface area (TPSA) is 102 Å². The smallest absolute Gasteiger partial charge is 0.314 e. The molecule has 5 heterocycles. The van der Waals surface area contributed by atoms with Crippen LogP contribution in [-0.4, -0.2) is 58.2 Å². The number of carbonyl (C=O) groups excluding carboxylic acids is 2. The molecule has 0 radical (unpaired) electrons. The van der Waals surface area contributed by atoms with Gasteiger partial charge in [0.05, 0.1) is 41.8 Å². The normalized spacial score (nSPS) is 19.9. The number of pyridine rings is 1. The van der Waals surface area contributed by atoms with Crippen LogP contribution in [0.3, 0.4) is 0 Å². The average molecular weight is 495 g/mol. The molecule has 186 valence electrons. The summed E-state index contributed by atoms with van der Waals surface area (Å²) >= 11 is 0. The zero-order chi connectivity index (χ0) is 25.2. The van der Waals surface area contributed by atoms with Crippen molar-refractivity contribution in [2.45, 2.75) is 32.2 Å². The average Bonchev–Trinajstić information content (AvgIpc) is 3.30. The number of benzene rings is 1. The summed E-state index contributed by atoms with van der Waals surface area (Å²) in [5.74, 6) is -1.54. The zero-order valence-electron chi connectivity index (χ0n) is 19.7. The highest BCUT2D eigenvalue weighted by Gasteiger charge is 2.50. The highest BCUT2D eigenvalue weighted by molar-refractivity contribution is 6.13. The Morgan fingerprint density at radius 1 is 1.08 bits per heavy atom. The molecule has 0 N–H and O–H groups in total. The van der Waals surface area contributed by atoms with Gasteiger partial charge in [-0.25, -0.2) is 0 Å². The van der Waals surface area contributed by atoms with E-state index in [9.17, 15) is 18.4 Å². The molecule has 3 aliphatic rings. The summed E-state index contributed by atoms with van der Waals surface area (Å²) in [5, 5.41) is 6.91. The van der Waals surface area contributed by atoms with Crippen molar-refractivity contribution in [3.8, 4) is 11.5 Å². The van der Waals surface area contributed by atoms with E-state index in [1.807, 2.05) is 26.0 Å². The molecule has 0 atom stereocenters. The summed E-state index contributed by atoms with van der Waals surface area (Å²) in [5.41, 5.74) is 2.37. The van der Waals surface area contributed by atoms with Crippen molar-refractivity contribution in [3.63, 3.8) is 0 Å². The van der Waals surface area contributed by atoms with Crippen LogP contribution in [0.25, 0.3) is 11.5 Å². The maximum absolute atomic E-state index is 13.4. The number of ether oxygens (including phenoxy) is 1. The molecule has 2 fully saturated rings. The van der Waals surface area contributed by atoms with E-state index in [1.54, 1.807) is 18.2 Å². The number of amides is 2. The maximum Gasteiger partial charge on any atom is 0.314 e. The first-order valence-electron chi connectivity index (χ1n) is 11.6. The third-order valence-electron chi connectivity index (χ3n) is 7.19. The minimum absolute atomic E-state index is 0.0245. The van der Waals surface area contributed by atoms with Crippen LogP contribution >= 0.6 is 0 Å². The first-order chi connectivity index (χ1) is 17.2. The van der Waals surface area contributed by atoms with Gasteiger partial charge in [0, 0.05) is 30.5 Å². The number of nitrogens with zero attached hydrogens (tertiary/aromatic N) is 5. The van der Waals surface area contributed by atoms with Gasteiger partial charge in [0.1, 0.15) is 0 Å². The van der Waals surface area contributed by atoms with Gasteiger partial charge in [0.15, 0.2) is 0 Å². The van der Waals surface area contributed by atoms with Crippen molar-refractivity contribution in [2.75, 3.05) is 31.2 Å². The number of fused-ring (bicyclic) bond motifs is 1. The number of imide groups is 1. The quantitative estimate of drug-likeness (QED) is 0.497. The van der Waals surface area contributed by atoms with Gasteiger partial charge in [-0.3, -0.25) is 19.5 Å². The molecule has 0 saturated carbocycles. The molecule has 1 spiro atoms. The second kappa shape index (κ2) is 7.89. The molecule has 0 bridgehead atoms. The Bertz CT molecular complexity index is 1360. The second-order valence-corrected chi connectivity index (χ2v) is 10.2. The van der Waals surface area contributed by atoms with Crippen LogP contribution in [0.15, 0.2) is 40.9 Å². The van der Waals surface area contributed by atoms with Gasteiger partial charge in [-0.1, -0.05) is 0 Å². The van der Waals surface area contributed by atoms with Crippen LogP contribution in [0.4, 0.5) is 14.5 Å². The van der Waals surface area contributed by atoms with E-state index in [4.69, 9.17) is 9.15 Å². The van der Waals surface area contributed by atoms with Crippen molar-refractivity contribution < 1.29 is 27.5 Å². The first kappa shape index (κ1) is 22.7. The number of aromatic nitrogens is 3. The molecule has 1 aromatic carbocycles. The van der Waals surface area contributed by atoms with Gasteiger partial charge < -0.3 is 14.1 Å². The minimum Gasteiger partial charge on any atom is -0.415 e. The van der Waals surface area contributed by atoms with Crippen LogP contribution in [0.1, 0.15) is 47.8 Å². The molecule has 0 unspecified atom stereocenters. The lowest BCUT2D eigenvalue weighted by atomic mass is 9.75. The lowest BCUT2D eigenvalue weighted by Crippen LogP contribution is -2.66. The third kappa shape index (κ3) is 3.48. The Balaban J connectivity index is 1.22. The molecular formula is C25H23F2N5O4. The number of halogens is 2. The number of alkyl halides is 2. The lowest BCUT2D eigenvalue weighted by Gasteiger charge is -2.56. The summed E-state index contributed by atoms with van der Waals surface area (Å²) < 4.78 is 35.7. The first-order valence-corrected chi connectivity index (χ1v) is 11.6. The molecule has 9 nitrogen and oxygen atoms in total. The summed E-state index contributed by atoms with van der Waals surface area (Å²) in [7, 11) is 0. The predicted molar refractivity (Wildman–Crippen MR) is 122 cm³/mol. The van der Waals surface area contributed by atoms with Crippen LogP contribution < -0.4 is 4.90 Å². The zero-order valence-corrected chi connectivity index (χ0v) is 19.7. The predicted octanol–water partition coefficient (Wildman–Crippen LogP) is 3.37. The van der Waals surface area contributed by atoms with Gasteiger partial charge >= 0.3 is 6.43 Å². The van der Waals surface area contributed by atoms with Crippen molar-refractivity contribution in [1.29, 1.82) is 0 Å². The van der Waals surface area contributed by atoms with Crippen molar-refractivity contribution in [2.24, 2.45) is 5.41 Å². The lowest BCUT2D eigenvalue weighted by molar-refractivity contribution is -0.134. The molecule has 2 saturated heterocycles. The van der Waals surface area contributed by atoms with Gasteiger partial charge in [0.25, 0.3) is 11.8 Å². The summed E-state index contributed by atoms with van der Waals surface area (Å²) in [6, 6.07) is 8.85. The van der Waals surface area contributed by atoms with E-state index in [0.29, 0.717) is 22.4 Å². The minimum atomic E-state index is -2.86. The molecule has 36 heavy (non-hydrogen) atoms. The Kier molecular flexibility index (Phi) is 4.98. The van der Waals surface area contributed by atoms with Gasteiger partial charge in [0.2, 0.25) is 11.8 Å². The highest BCUT2D eigenvalue weighted by Crippen LogP contribution is 2.43. The Morgan fingerprint density at radius 2 is 1.86 bits per heavy atom. The van der Waals surface area contributed by atoms with Gasteiger partial charge in [-0.2, -0.15) is 8.78 Å². The van der Waals surface area contributed by atoms with Gasteiger partial charge in [-0.05, 0) is 49.7 Å². The number of hydrogen-bond donors (Lipinski definition) is 0. The number of hydrogen-bond acceptors (Lipinski definition) is 8. The largest absolute Gasteiger partial charge is 0.415 e. The Morgan fingerprint density at radius 3 is 2.47 bits per heavy atom. The fourth-order valence-corrected chi connectivity index (χ4v) is 5.03. The van der Waals surface area contributed by atoms with Crippen molar-refractivity contribution in [1.82, 2.24) is 20.1 Å². The standard InChI is InChI=1S/C25H23F2N5O4/c1-24(2)18-7-16(31-10-25(11-31)12-35-13-25)5-6-17(18)22(33)32(23(24)34)9-15-4-3-14(8-28-15)20-29-30-21(36-20)19(26)27/h3-8,19H,9-13H2,1-2H3. The number of carbonyl (C=O) groups is 2. The van der Waals surface area contributed by atoms with Crippen molar-refractivity contribution >= 4 is 17.5 Å². The van der Waals surface area contributed by atoms with E-state index < -0.39 is 17.7 Å². The Labute approximate surface area is 205 Å². The van der Waals surface area contributed by atoms with Crippen molar-refractivity contribution in [3.05, 3.63) is 59.2 Å². The van der Waals surface area contributed by atoms with E-state index in [0.717, 1.165) is 32.0 Å². The fraction of sp³-hybridized carbons (Fsp3) is 0.400. The van der Waals surface area contributed by atoms with Crippen LogP contribution in [0, 0.1) is 5.41 Å². The summed E-state index contributed by atoms with van der Waals surface area (Å²) in [6.45, 7) is 7.01. The fourth-order valence-electron chi connectivity index (χ4n) is 5.03. The van der Waals surface area contributed by atoms with Gasteiger partial charge in [-0.15, -0.1) is 10.2 Å². The van der Waals surface area contributed by atoms with Crippen LogP contribution in [-0.2, 0) is 21.5 Å². The molecular weight excluding hydrogens is 472 g/mol. The molecule has 3 aliphatic heterocycles. The molecule has 11 heteroatoms. The summed E-state index contributed by atoms with van der Waals surface area (Å²) in [4.78, 5) is 34.5. The monoisotopic (exact) mass is 495 g/mol. The molecule has 6 rings (SSSR count). The summed E-state index contributed by atoms with van der Waals surface area (Å²) in [6.07, 6.45) is -1.48. The third-order valence-corrected chi connectivity index (χ3v) is 7.19. The molecule has 3 aromatic rings. The SMILES string of the molecule is CC1(C)C(=O)N(Cc2ccc(-c3nnc(C(F)F)o3)cn2)C(=O)c2ccc(N3CC4(COC4)C3)cc21. The number of rotatable bonds is 5. The Hall–Kier alpha value is -3.73. The van der Waals surface area contributed by atoms with E-state index >= 15 is 0 Å². The maximum atomic E-state index is 13.4. The molecule has 2 aromatic heterocycles. The van der Waals surface area contributed by atoms with E-state index in [2.05, 4.69) is 20.1 Å². The van der Waals surface area contributed by atoms with E-state index in [1.165, 1.54) is 11.1 Å². The van der Waals surface area contributed by atoms with Crippen LogP contribution in [0.2, 0.25) is 0 Å².